The molecule has 1 aromatic heterocycles. The molecule has 0 saturated heterocycles. The van der Waals surface area contributed by atoms with Crippen molar-refractivity contribution in [2.24, 2.45) is 0 Å². The van der Waals surface area contributed by atoms with Crippen molar-refractivity contribution < 1.29 is 14.3 Å². The lowest BCUT2D eigenvalue weighted by molar-refractivity contribution is 0.0985. The lowest BCUT2D eigenvalue weighted by Gasteiger charge is -2.29. The average molecular weight is 322 g/mol. The van der Waals surface area contributed by atoms with Crippen LogP contribution in [0.1, 0.15) is 22.3 Å². The van der Waals surface area contributed by atoms with E-state index in [1.165, 1.54) is 18.2 Å². The fraction of sp³-hybridized carbons (Fsp3) is 0.158. The van der Waals surface area contributed by atoms with E-state index in [4.69, 9.17) is 0 Å². The van der Waals surface area contributed by atoms with Gasteiger partial charge in [0.1, 0.15) is 5.82 Å². The summed E-state index contributed by atoms with van der Waals surface area (Å²) in [5.41, 5.74) is 2.64. The molecule has 0 saturated carbocycles. The van der Waals surface area contributed by atoms with Crippen molar-refractivity contribution in [3.05, 3.63) is 65.5 Å². The van der Waals surface area contributed by atoms with E-state index in [2.05, 4.69) is 4.98 Å². The molecule has 0 atom stereocenters. The monoisotopic (exact) mass is 322 g/mol. The molecule has 4 rings (SSSR count). The van der Waals surface area contributed by atoms with Crippen molar-refractivity contribution in [3.8, 4) is 5.88 Å². The maximum atomic E-state index is 13.6. The first-order valence-corrected chi connectivity index (χ1v) is 7.82. The molecule has 0 unspecified atom stereocenters. The van der Waals surface area contributed by atoms with Crippen molar-refractivity contribution in [3.63, 3.8) is 0 Å². The van der Waals surface area contributed by atoms with Crippen molar-refractivity contribution in [1.29, 1.82) is 0 Å². The van der Waals surface area contributed by atoms with Crippen LogP contribution in [0.15, 0.2) is 48.5 Å². The number of nitrogens with zero attached hydrogens (tertiary/aromatic N) is 2. The number of aromatic nitrogens is 1. The Bertz CT molecular complexity index is 955. The Kier molecular flexibility index (Phi) is 3.41. The van der Waals surface area contributed by atoms with Crippen LogP contribution in [0.3, 0.4) is 0 Å². The zero-order valence-corrected chi connectivity index (χ0v) is 12.9. The number of anilines is 1. The molecule has 24 heavy (non-hydrogen) atoms. The van der Waals surface area contributed by atoms with Crippen LogP contribution >= 0.6 is 0 Å². The Morgan fingerprint density at radius 2 is 1.96 bits per heavy atom. The maximum absolute atomic E-state index is 13.6. The Morgan fingerprint density at radius 3 is 2.83 bits per heavy atom. The molecule has 1 amide bonds. The van der Waals surface area contributed by atoms with E-state index in [0.29, 0.717) is 23.3 Å². The minimum atomic E-state index is -0.349. The van der Waals surface area contributed by atoms with Gasteiger partial charge in [0.05, 0.1) is 11.2 Å². The summed E-state index contributed by atoms with van der Waals surface area (Å²) < 4.78 is 13.6. The van der Waals surface area contributed by atoms with Gasteiger partial charge in [-0.15, -0.1) is 0 Å². The molecule has 0 fully saturated rings. The third kappa shape index (κ3) is 2.48. The van der Waals surface area contributed by atoms with Crippen molar-refractivity contribution in [1.82, 2.24) is 4.98 Å². The highest BCUT2D eigenvalue weighted by molar-refractivity contribution is 6.08. The van der Waals surface area contributed by atoms with Gasteiger partial charge >= 0.3 is 0 Å². The first-order valence-electron chi connectivity index (χ1n) is 7.82. The van der Waals surface area contributed by atoms with E-state index in [1.807, 2.05) is 0 Å². The third-order valence-corrected chi connectivity index (χ3v) is 4.34. The average Bonchev–Trinajstić information content (AvgIpc) is 2.60. The molecule has 0 aliphatic carbocycles. The molecule has 5 heteroatoms. The number of benzene rings is 2. The van der Waals surface area contributed by atoms with Crippen molar-refractivity contribution in [2.45, 2.75) is 12.8 Å². The summed E-state index contributed by atoms with van der Waals surface area (Å²) in [6, 6.07) is 13.0. The second-order valence-corrected chi connectivity index (χ2v) is 5.91. The van der Waals surface area contributed by atoms with Gasteiger partial charge in [-0.2, -0.15) is 0 Å². The summed E-state index contributed by atoms with van der Waals surface area (Å²) in [6.45, 7) is 0.556. The van der Waals surface area contributed by atoms with E-state index in [-0.39, 0.29) is 17.6 Å². The zero-order valence-electron chi connectivity index (χ0n) is 12.9. The van der Waals surface area contributed by atoms with Crippen LogP contribution in [-0.4, -0.2) is 22.5 Å². The first kappa shape index (κ1) is 14.6. The van der Waals surface area contributed by atoms with E-state index >= 15 is 0 Å². The van der Waals surface area contributed by atoms with Crippen LogP contribution in [0.25, 0.3) is 10.9 Å². The smallest absolute Gasteiger partial charge is 0.258 e. The lowest BCUT2D eigenvalue weighted by atomic mass is 10.0. The zero-order chi connectivity index (χ0) is 16.7. The quantitative estimate of drug-likeness (QED) is 0.744. The van der Waals surface area contributed by atoms with Gasteiger partial charge in [-0.3, -0.25) is 4.79 Å². The highest BCUT2D eigenvalue weighted by atomic mass is 19.1. The highest BCUT2D eigenvalue weighted by Crippen LogP contribution is 2.29. The number of hydrogen-bond donors (Lipinski definition) is 1. The summed E-state index contributed by atoms with van der Waals surface area (Å²) in [6.07, 6.45) is 1.68. The van der Waals surface area contributed by atoms with Crippen LogP contribution in [0.5, 0.6) is 5.88 Å². The summed E-state index contributed by atoms with van der Waals surface area (Å²) in [4.78, 5) is 18.6. The number of carbonyl (C=O) groups is 1. The minimum Gasteiger partial charge on any atom is -0.493 e. The summed E-state index contributed by atoms with van der Waals surface area (Å²) in [5.74, 6) is -0.621. The number of aromatic hydroxyl groups is 1. The fourth-order valence-corrected chi connectivity index (χ4v) is 3.15. The normalized spacial score (nSPS) is 13.8. The number of carbonyl (C=O) groups excluding carboxylic acids is 1. The topological polar surface area (TPSA) is 53.4 Å². The van der Waals surface area contributed by atoms with Crippen molar-refractivity contribution in [2.75, 3.05) is 11.4 Å². The Balaban J connectivity index is 1.76. The third-order valence-electron chi connectivity index (χ3n) is 4.34. The summed E-state index contributed by atoms with van der Waals surface area (Å²) in [5, 5.41) is 10.4. The van der Waals surface area contributed by atoms with Gasteiger partial charge in [0.25, 0.3) is 5.91 Å². The number of hydrogen-bond acceptors (Lipinski definition) is 3. The number of aryl methyl sites for hydroxylation is 1. The Hall–Kier alpha value is -2.95. The molecule has 120 valence electrons. The van der Waals surface area contributed by atoms with Gasteiger partial charge in [-0.1, -0.05) is 12.1 Å². The van der Waals surface area contributed by atoms with Gasteiger partial charge < -0.3 is 10.0 Å². The van der Waals surface area contributed by atoms with E-state index in [0.717, 1.165) is 23.8 Å². The second kappa shape index (κ2) is 5.60. The molecule has 0 spiro atoms. The number of pyridine rings is 1. The molecule has 1 aliphatic heterocycles. The predicted octanol–water partition coefficient (Wildman–Crippen LogP) is 3.67. The summed E-state index contributed by atoms with van der Waals surface area (Å²) >= 11 is 0. The van der Waals surface area contributed by atoms with Crippen LogP contribution in [0, 0.1) is 5.82 Å². The Labute approximate surface area is 138 Å². The van der Waals surface area contributed by atoms with Gasteiger partial charge in [0.15, 0.2) is 0 Å². The van der Waals surface area contributed by atoms with Gasteiger partial charge in [-0.05, 0) is 48.7 Å². The predicted molar refractivity (Wildman–Crippen MR) is 89.8 cm³/mol. The molecule has 0 bridgehead atoms. The fourth-order valence-electron chi connectivity index (χ4n) is 3.15. The molecule has 4 nitrogen and oxygen atoms in total. The van der Waals surface area contributed by atoms with E-state index in [1.54, 1.807) is 35.2 Å². The highest BCUT2D eigenvalue weighted by Gasteiger charge is 2.24. The molecular formula is C19H15FN2O2. The largest absolute Gasteiger partial charge is 0.493 e. The lowest BCUT2D eigenvalue weighted by Crippen LogP contribution is -2.35. The van der Waals surface area contributed by atoms with Crippen LogP contribution < -0.4 is 4.90 Å². The minimum absolute atomic E-state index is 0.0857. The number of halogens is 1. The molecular weight excluding hydrogens is 307 g/mol. The molecule has 1 N–H and O–H groups in total. The van der Waals surface area contributed by atoms with Crippen LogP contribution in [0.4, 0.5) is 10.1 Å². The van der Waals surface area contributed by atoms with Gasteiger partial charge in [-0.25, -0.2) is 9.37 Å². The molecule has 1 aliphatic rings. The van der Waals surface area contributed by atoms with Crippen molar-refractivity contribution >= 4 is 22.5 Å². The summed E-state index contributed by atoms with van der Waals surface area (Å²) in [7, 11) is 0. The first-order chi connectivity index (χ1) is 11.6. The van der Waals surface area contributed by atoms with Gasteiger partial charge in [0, 0.05) is 23.6 Å². The number of rotatable bonds is 1. The number of fused-ring (bicyclic) bond motifs is 2. The molecule has 2 aromatic carbocycles. The molecule has 3 aromatic rings. The Morgan fingerprint density at radius 1 is 1.12 bits per heavy atom. The van der Waals surface area contributed by atoms with E-state index < -0.39 is 0 Å². The van der Waals surface area contributed by atoms with Crippen LogP contribution in [0.2, 0.25) is 0 Å². The SMILES string of the molecule is O=C(c1ccc2ccc(O)nc2c1)N1CCCc2ccc(F)cc21. The molecule has 2 heterocycles. The maximum Gasteiger partial charge on any atom is 0.258 e. The second-order valence-electron chi connectivity index (χ2n) is 5.91. The molecule has 0 radical (unpaired) electrons. The van der Waals surface area contributed by atoms with Crippen LogP contribution in [-0.2, 0) is 6.42 Å². The number of amides is 1. The van der Waals surface area contributed by atoms with E-state index in [9.17, 15) is 14.3 Å². The van der Waals surface area contributed by atoms with Gasteiger partial charge in [0.2, 0.25) is 5.88 Å². The standard InChI is InChI=1S/C19H15FN2O2/c20-15-7-5-13-2-1-9-22(17(13)11-15)19(24)14-4-3-12-6-8-18(23)21-16(12)10-14/h3-8,10-11H,1-2,9H2,(H,21,23).